The molecule has 9 nitrogen and oxygen atoms in total. The van der Waals surface area contributed by atoms with Crippen molar-refractivity contribution in [2.24, 2.45) is 5.73 Å². The van der Waals surface area contributed by atoms with E-state index in [0.717, 1.165) is 0 Å². The Morgan fingerprint density at radius 1 is 0.826 bits per heavy atom. The summed E-state index contributed by atoms with van der Waals surface area (Å²) >= 11 is 11.7. The maximum atomic E-state index is 12.0. The number of carboxylic acids is 1. The molecule has 0 saturated carbocycles. The number of carboxylic acid groups (broad SMARTS) is 1. The van der Waals surface area contributed by atoms with E-state index in [0.29, 0.717) is 0 Å². The van der Waals surface area contributed by atoms with Crippen molar-refractivity contribution < 1.29 is 24.3 Å². The summed E-state index contributed by atoms with van der Waals surface area (Å²) in [5.41, 5.74) is 5.14. The van der Waals surface area contributed by atoms with Gasteiger partial charge in [-0.1, -0.05) is 0 Å². The van der Waals surface area contributed by atoms with Crippen LogP contribution in [0, 0.1) is 0 Å². The number of nitrogens with two attached hydrogens (primary N) is 1. The Morgan fingerprint density at radius 2 is 1.22 bits per heavy atom. The molecule has 3 amide bonds. The Hall–Kier alpha value is -1.11. The van der Waals surface area contributed by atoms with Crippen molar-refractivity contribution in [1.82, 2.24) is 16.0 Å². The Kier molecular flexibility index (Phi) is 10.9. The van der Waals surface area contributed by atoms with E-state index >= 15 is 0 Å². The fourth-order valence-electron chi connectivity index (χ4n) is 1.37. The number of nitrogens with one attached hydrogen (secondary N) is 3. The normalized spacial score (nSPS) is 14.3. The van der Waals surface area contributed by atoms with Crippen molar-refractivity contribution in [1.29, 1.82) is 0 Å². The van der Waals surface area contributed by atoms with E-state index < -0.39 is 41.8 Å². The second-order valence-corrected chi connectivity index (χ2v) is 5.43. The van der Waals surface area contributed by atoms with Crippen molar-refractivity contribution in [3.05, 3.63) is 0 Å². The summed E-state index contributed by atoms with van der Waals surface area (Å²) in [6.07, 6.45) is 0. The minimum atomic E-state index is -1.25. The predicted molar refractivity (Wildman–Crippen MR) is 94.0 cm³/mol. The highest BCUT2D eigenvalue weighted by atomic mass is 32.1. The van der Waals surface area contributed by atoms with Gasteiger partial charge in [-0.05, 0) is 0 Å². The predicted octanol–water partition coefficient (Wildman–Crippen LogP) is -2.73. The van der Waals surface area contributed by atoms with E-state index in [1.54, 1.807) is 0 Å². The summed E-state index contributed by atoms with van der Waals surface area (Å²) in [7, 11) is 0. The summed E-state index contributed by atoms with van der Waals surface area (Å²) in [5, 5.41) is 15.8. The van der Waals surface area contributed by atoms with Crippen LogP contribution in [-0.2, 0) is 19.2 Å². The number of aliphatic carboxylic acids is 1. The van der Waals surface area contributed by atoms with Crippen molar-refractivity contribution in [3.63, 3.8) is 0 Å². The van der Waals surface area contributed by atoms with Crippen LogP contribution in [0.4, 0.5) is 0 Å². The molecular formula is C11H20N4O5S3. The van der Waals surface area contributed by atoms with E-state index in [4.69, 9.17) is 10.8 Å². The summed E-state index contributed by atoms with van der Waals surface area (Å²) < 4.78 is 0. The molecule has 0 radical (unpaired) electrons. The molecule has 0 bridgehead atoms. The van der Waals surface area contributed by atoms with Crippen molar-refractivity contribution in [2.75, 3.05) is 23.8 Å². The monoisotopic (exact) mass is 384 g/mol. The lowest BCUT2D eigenvalue weighted by atomic mass is 10.2. The van der Waals surface area contributed by atoms with Crippen molar-refractivity contribution in [3.8, 4) is 0 Å². The minimum Gasteiger partial charge on any atom is -0.480 e. The zero-order chi connectivity index (χ0) is 18.0. The molecule has 12 heteroatoms. The third-order valence-corrected chi connectivity index (χ3v) is 3.73. The Morgan fingerprint density at radius 3 is 1.57 bits per heavy atom. The number of hydrogen-bond donors (Lipinski definition) is 8. The number of carbonyl (C=O) groups excluding carboxylic acids is 3. The van der Waals surface area contributed by atoms with Gasteiger partial charge in [0, 0.05) is 17.3 Å². The molecule has 0 heterocycles. The third-order valence-electron chi connectivity index (χ3n) is 2.63. The van der Waals surface area contributed by atoms with E-state index in [-0.39, 0.29) is 23.8 Å². The van der Waals surface area contributed by atoms with Gasteiger partial charge >= 0.3 is 5.97 Å². The van der Waals surface area contributed by atoms with E-state index in [2.05, 4.69) is 53.8 Å². The van der Waals surface area contributed by atoms with Crippen LogP contribution in [-0.4, -0.2) is 70.7 Å². The van der Waals surface area contributed by atoms with Crippen LogP contribution in [0.1, 0.15) is 0 Å². The van der Waals surface area contributed by atoms with Gasteiger partial charge in [-0.2, -0.15) is 37.9 Å². The van der Waals surface area contributed by atoms with Gasteiger partial charge in [0.1, 0.15) is 18.1 Å². The molecule has 23 heavy (non-hydrogen) atoms. The standard InChI is InChI=1S/C11H20N4O5S3/c12-1-8(16)13-5(2-21)9(17)14-6(3-22)10(18)15-7(4-23)11(19)20/h5-7,21-23H,1-4,12H2,(H,13,16)(H,14,17)(H,15,18)(H,19,20). The minimum absolute atomic E-state index is 0.00707. The molecule has 0 saturated heterocycles. The number of thiol groups is 3. The average molecular weight is 385 g/mol. The van der Waals surface area contributed by atoms with Gasteiger partial charge in [-0.25, -0.2) is 4.79 Å². The smallest absolute Gasteiger partial charge is 0.327 e. The van der Waals surface area contributed by atoms with Crippen molar-refractivity contribution in [2.45, 2.75) is 18.1 Å². The first-order valence-corrected chi connectivity index (χ1v) is 8.35. The van der Waals surface area contributed by atoms with E-state index in [1.807, 2.05) is 0 Å². The topological polar surface area (TPSA) is 151 Å². The number of hydrogen-bond acceptors (Lipinski definition) is 8. The van der Waals surface area contributed by atoms with E-state index in [1.165, 1.54) is 0 Å². The lowest BCUT2D eigenvalue weighted by Crippen LogP contribution is -2.57. The Bertz CT molecular complexity index is 451. The highest BCUT2D eigenvalue weighted by molar-refractivity contribution is 7.80. The molecule has 0 aliphatic rings. The van der Waals surface area contributed by atoms with Gasteiger partial charge in [0.2, 0.25) is 17.7 Å². The van der Waals surface area contributed by atoms with Crippen LogP contribution in [0.15, 0.2) is 0 Å². The van der Waals surface area contributed by atoms with E-state index in [9.17, 15) is 19.2 Å². The second kappa shape index (κ2) is 11.4. The molecule has 0 rings (SSSR count). The molecule has 0 aromatic heterocycles. The molecule has 3 atom stereocenters. The fourth-order valence-corrected chi connectivity index (χ4v) is 2.13. The van der Waals surface area contributed by atoms with Crippen molar-refractivity contribution >= 4 is 61.6 Å². The summed E-state index contributed by atoms with van der Waals surface area (Å²) in [6.45, 7) is -0.295. The van der Waals surface area contributed by atoms with Gasteiger partial charge < -0.3 is 26.8 Å². The van der Waals surface area contributed by atoms with Crippen LogP contribution in [0.5, 0.6) is 0 Å². The number of amides is 3. The van der Waals surface area contributed by atoms with Crippen LogP contribution >= 0.6 is 37.9 Å². The largest absolute Gasteiger partial charge is 0.480 e. The molecule has 3 unspecified atom stereocenters. The molecule has 0 aromatic carbocycles. The second-order valence-electron chi connectivity index (χ2n) is 4.33. The molecule has 0 aromatic rings. The molecule has 0 fully saturated rings. The number of rotatable bonds is 10. The summed E-state index contributed by atoms with van der Waals surface area (Å²) in [4.78, 5) is 46.1. The van der Waals surface area contributed by atoms with Crippen LogP contribution < -0.4 is 21.7 Å². The SMILES string of the molecule is NCC(=O)NC(CS)C(=O)NC(CS)C(=O)NC(CS)C(=O)O. The van der Waals surface area contributed by atoms with Crippen LogP contribution in [0.2, 0.25) is 0 Å². The zero-order valence-corrected chi connectivity index (χ0v) is 14.7. The average Bonchev–Trinajstić information content (AvgIpc) is 2.53. The summed E-state index contributed by atoms with van der Waals surface area (Å²) in [5.74, 6) is -3.37. The molecule has 0 aliphatic heterocycles. The highest BCUT2D eigenvalue weighted by Gasteiger charge is 2.27. The first kappa shape index (κ1) is 21.9. The van der Waals surface area contributed by atoms with Crippen LogP contribution in [0.3, 0.4) is 0 Å². The maximum absolute atomic E-state index is 12.0. The van der Waals surface area contributed by atoms with Gasteiger partial charge in [0.25, 0.3) is 0 Å². The van der Waals surface area contributed by atoms with Gasteiger partial charge in [-0.3, -0.25) is 14.4 Å². The molecule has 0 aliphatic carbocycles. The lowest BCUT2D eigenvalue weighted by molar-refractivity contribution is -0.141. The Labute approximate surface area is 149 Å². The summed E-state index contributed by atoms with van der Waals surface area (Å²) in [6, 6.07) is -3.25. The van der Waals surface area contributed by atoms with Crippen LogP contribution in [0.25, 0.3) is 0 Å². The first-order chi connectivity index (χ1) is 10.8. The molecule has 6 N–H and O–H groups in total. The maximum Gasteiger partial charge on any atom is 0.327 e. The van der Waals surface area contributed by atoms with Gasteiger partial charge in [0.05, 0.1) is 6.54 Å². The lowest BCUT2D eigenvalue weighted by Gasteiger charge is -2.22. The highest BCUT2D eigenvalue weighted by Crippen LogP contribution is 1.96. The zero-order valence-electron chi connectivity index (χ0n) is 12.1. The quantitative estimate of drug-likeness (QED) is 0.192. The first-order valence-electron chi connectivity index (χ1n) is 6.46. The Balaban J connectivity index is 4.78. The van der Waals surface area contributed by atoms with Gasteiger partial charge in [-0.15, -0.1) is 0 Å². The van der Waals surface area contributed by atoms with Gasteiger partial charge in [0.15, 0.2) is 0 Å². The molecule has 132 valence electrons. The third kappa shape index (κ3) is 7.81. The number of carbonyl (C=O) groups is 4. The fraction of sp³-hybridized carbons (Fsp3) is 0.636. The molecular weight excluding hydrogens is 364 g/mol. The molecule has 0 spiro atoms.